The van der Waals surface area contributed by atoms with E-state index in [1.165, 1.54) is 11.1 Å². The molecule has 0 aliphatic carbocycles. The molecule has 29 nitrogen and oxygen atoms in total. The summed E-state index contributed by atoms with van der Waals surface area (Å²) in [7, 11) is 0. The van der Waals surface area contributed by atoms with Crippen molar-refractivity contribution in [2.45, 2.75) is 134 Å². The van der Waals surface area contributed by atoms with Crippen LogP contribution in [-0.2, 0) is 32.4 Å². The van der Waals surface area contributed by atoms with Crippen LogP contribution in [0.1, 0.15) is 175 Å². The molecule has 0 unspecified atom stereocenters. The number of H-pyrrole nitrogens is 4. The van der Waals surface area contributed by atoms with E-state index in [1.807, 2.05) is 221 Å². The summed E-state index contributed by atoms with van der Waals surface area (Å²) in [4.78, 5) is 108. The van der Waals surface area contributed by atoms with Crippen LogP contribution in [0.4, 0.5) is 23.3 Å². The van der Waals surface area contributed by atoms with Crippen LogP contribution in [0.2, 0.25) is 0 Å². The molecule has 624 valence electrons. The van der Waals surface area contributed by atoms with Gasteiger partial charge in [0.15, 0.2) is 46.5 Å². The quantitative estimate of drug-likeness (QED) is 0.0233. The fourth-order valence-corrected chi connectivity index (χ4v) is 13.0. The Kier molecular flexibility index (Phi) is 28.5. The molecule has 0 radical (unpaired) electrons. The lowest BCUT2D eigenvalue weighted by Gasteiger charge is -2.11. The summed E-state index contributed by atoms with van der Waals surface area (Å²) in [6.07, 6.45) is 11.1. The van der Waals surface area contributed by atoms with Gasteiger partial charge in [-0.05, 0) is 190 Å². The molecule has 0 saturated carbocycles. The standard InChI is InChI=1S/3C24H24N6O.C23H23N7O/c1-15-4-6-18(7-5-15)13-26-24(31)22-9-8-19(14-25-22)23-27-16(2)10-20(28-23)12-21-11-17(3)29-30-21;1-15-5-4-6-18(11-15)7-10-21(31)20-9-8-19(14-25-20)24-26-16(2)12-22(28-24)27-23-13-17(3)29-30-23;1-15(18-7-5-4-6-8-18)11-21(31)20-10-9-19(14-25-20)24-26-16(2)12-22(28-24)27-23-13-17(3)29-30-23;1-14-4-6-18(24-11-14)13-26-23(31)21-7-5-17(12-25-21)22-27-15(2)8-19(28-22)10-20-9-16(3)29-30-20/h4-11,14H,12-13H2,1-3H3,(H,26,31)(H,29,30);4-6,8-9,11-14H,7,10H2,1-3H3,(H2,26,27,28,29,30);4-10,12-15H,11H2,1-3H3,(H2,26,27,28,29,30);4-9,11-12H,10,13H2,1-3H3,(H,26,31)(H,29,30)/t;;15-;/m..0./s1. The molecule has 0 spiro atoms. The first-order chi connectivity index (χ1) is 59.8. The summed E-state index contributed by atoms with van der Waals surface area (Å²) in [5.74, 6) is 4.61. The van der Waals surface area contributed by atoms with Gasteiger partial charge in [-0.25, -0.2) is 39.9 Å². The topological polar surface area (TPSA) is 399 Å². The van der Waals surface area contributed by atoms with Gasteiger partial charge >= 0.3 is 0 Å². The van der Waals surface area contributed by atoms with E-state index < -0.39 is 0 Å². The summed E-state index contributed by atoms with van der Waals surface area (Å²) in [5.41, 5.74) is 23.1. The molecule has 0 bridgehead atoms. The minimum absolute atomic E-state index is 0.0179. The summed E-state index contributed by atoms with van der Waals surface area (Å²) in [5, 5.41) is 40.7. The number of hydrogen-bond acceptors (Lipinski definition) is 23. The molecule has 8 N–H and O–H groups in total. The molecular formula is C95H95N25O4. The normalized spacial score (nSPS) is 11.1. The molecule has 3 aromatic carbocycles. The molecule has 13 heterocycles. The number of aromatic amines is 4. The number of aromatic nitrogens is 21. The molecule has 16 aromatic rings. The van der Waals surface area contributed by atoms with Crippen LogP contribution in [0.25, 0.3) is 45.6 Å². The average molecular weight is 1650 g/mol. The number of carbonyl (C=O) groups is 4. The smallest absolute Gasteiger partial charge is 0.270 e. The number of anilines is 4. The molecule has 0 aliphatic heterocycles. The highest BCUT2D eigenvalue weighted by atomic mass is 16.2. The Morgan fingerprint density at radius 1 is 0.331 bits per heavy atom. The van der Waals surface area contributed by atoms with Gasteiger partial charge in [0.1, 0.15) is 34.4 Å². The number of aryl methyl sites for hydroxylation is 12. The summed E-state index contributed by atoms with van der Waals surface area (Å²) in [6, 6.07) is 59.7. The zero-order valence-electron chi connectivity index (χ0n) is 71.0. The molecule has 0 saturated heterocycles. The summed E-state index contributed by atoms with van der Waals surface area (Å²) >= 11 is 0. The molecule has 0 aliphatic rings. The Labute approximate surface area is 717 Å². The molecule has 29 heteroatoms. The van der Waals surface area contributed by atoms with E-state index >= 15 is 0 Å². The van der Waals surface area contributed by atoms with E-state index in [9.17, 15) is 19.2 Å². The van der Waals surface area contributed by atoms with Crippen LogP contribution in [-0.4, -0.2) is 129 Å². The minimum Gasteiger partial charge on any atom is -0.347 e. The van der Waals surface area contributed by atoms with Gasteiger partial charge in [-0.3, -0.25) is 64.5 Å². The predicted molar refractivity (Wildman–Crippen MR) is 476 cm³/mol. The zero-order valence-corrected chi connectivity index (χ0v) is 71.0. The first kappa shape index (κ1) is 86.3. The van der Waals surface area contributed by atoms with Crippen molar-refractivity contribution >= 4 is 46.7 Å². The second kappa shape index (κ2) is 40.9. The van der Waals surface area contributed by atoms with Crippen LogP contribution in [0.15, 0.2) is 219 Å². The molecule has 16 rings (SSSR count). The maximum absolute atomic E-state index is 12.7. The Morgan fingerprint density at radius 2 is 0.774 bits per heavy atom. The molecule has 124 heavy (non-hydrogen) atoms. The highest BCUT2D eigenvalue weighted by Crippen LogP contribution is 2.27. The van der Waals surface area contributed by atoms with Crippen LogP contribution in [0.5, 0.6) is 0 Å². The largest absolute Gasteiger partial charge is 0.347 e. The van der Waals surface area contributed by atoms with Gasteiger partial charge < -0.3 is 21.3 Å². The van der Waals surface area contributed by atoms with E-state index in [2.05, 4.69) is 153 Å². The number of rotatable bonds is 26. The van der Waals surface area contributed by atoms with Gasteiger partial charge in [0.25, 0.3) is 11.8 Å². The number of pyridine rings is 5. The third-order valence-electron chi connectivity index (χ3n) is 19.4. The monoisotopic (exact) mass is 1650 g/mol. The highest BCUT2D eigenvalue weighted by Gasteiger charge is 2.19. The fourth-order valence-electron chi connectivity index (χ4n) is 13.0. The van der Waals surface area contributed by atoms with Crippen molar-refractivity contribution in [1.82, 2.24) is 116 Å². The fraction of sp³-hybridized carbons (Fsp3) is 0.211. The van der Waals surface area contributed by atoms with Gasteiger partial charge in [-0.2, -0.15) is 20.4 Å². The van der Waals surface area contributed by atoms with Gasteiger partial charge in [0.2, 0.25) is 0 Å². The number of nitrogens with zero attached hydrogens (tertiary/aromatic N) is 17. The van der Waals surface area contributed by atoms with Crippen molar-refractivity contribution in [3.8, 4) is 45.6 Å². The van der Waals surface area contributed by atoms with E-state index in [4.69, 9.17) is 0 Å². The summed E-state index contributed by atoms with van der Waals surface area (Å²) in [6.45, 7) is 24.4. The van der Waals surface area contributed by atoms with E-state index in [0.717, 1.165) is 119 Å². The second-order valence-corrected chi connectivity index (χ2v) is 30.4. The SMILES string of the molecule is Cc1cc(Nc2cc(C)[nH]n2)nc(-c2ccc(C(=O)C[C@H](C)c3ccccc3)nc2)n1.Cc1ccc(CNC(=O)c2ccc(-c3nc(C)cc(Cc4cc(C)[nH]n4)n3)cn2)cc1.Cc1ccc(CNC(=O)c2ccc(-c3nc(C)cc(Cc4cc(C)[nH]n4)n3)cn2)nc1.Cc1cccc(CCC(=O)c2ccc(-c3nc(C)cc(Nc4cc(C)[nH]n4)n3)cn2)c1. The molecule has 0 fully saturated rings. The minimum atomic E-state index is -0.256. The lowest BCUT2D eigenvalue weighted by atomic mass is 9.94. The third kappa shape index (κ3) is 25.0. The third-order valence-corrected chi connectivity index (χ3v) is 19.4. The lowest BCUT2D eigenvalue weighted by Crippen LogP contribution is -2.24. The number of ketones is 2. The molecule has 1 atom stereocenters. The van der Waals surface area contributed by atoms with Gasteiger partial charge in [-0.1, -0.05) is 103 Å². The Morgan fingerprint density at radius 3 is 1.21 bits per heavy atom. The van der Waals surface area contributed by atoms with Gasteiger partial charge in [0.05, 0.1) is 35.0 Å². The Bertz CT molecular complexity index is 6140. The van der Waals surface area contributed by atoms with E-state index in [1.54, 1.807) is 55.2 Å². The first-order valence-corrected chi connectivity index (χ1v) is 40.4. The molecular weight excluding hydrogens is 1560 g/mol. The van der Waals surface area contributed by atoms with Crippen molar-refractivity contribution in [2.75, 3.05) is 10.6 Å². The lowest BCUT2D eigenvalue weighted by molar-refractivity contribution is 0.0938. The summed E-state index contributed by atoms with van der Waals surface area (Å²) < 4.78 is 0. The zero-order chi connectivity index (χ0) is 87.2. The number of nitrogens with one attached hydrogen (secondary N) is 8. The van der Waals surface area contributed by atoms with Crippen molar-refractivity contribution in [1.29, 1.82) is 0 Å². The van der Waals surface area contributed by atoms with Gasteiger partial charge in [0, 0.05) is 155 Å². The Balaban J connectivity index is 0.000000142. The van der Waals surface area contributed by atoms with Crippen LogP contribution < -0.4 is 21.3 Å². The number of benzene rings is 3. The van der Waals surface area contributed by atoms with Crippen molar-refractivity contribution in [3.05, 3.63) is 349 Å². The molecule has 13 aromatic heterocycles. The van der Waals surface area contributed by atoms with Crippen molar-refractivity contribution in [2.24, 2.45) is 0 Å². The number of hydrogen-bond donors (Lipinski definition) is 8. The molecule has 2 amide bonds. The maximum Gasteiger partial charge on any atom is 0.270 e. The maximum atomic E-state index is 12.7. The second-order valence-electron chi connectivity index (χ2n) is 30.4. The highest BCUT2D eigenvalue weighted by molar-refractivity contribution is 5.96. The average Bonchev–Trinajstić information content (AvgIpc) is 1.09. The van der Waals surface area contributed by atoms with E-state index in [-0.39, 0.29) is 29.3 Å². The number of amides is 2. The van der Waals surface area contributed by atoms with Crippen LogP contribution in [0, 0.1) is 76.2 Å². The van der Waals surface area contributed by atoms with Crippen molar-refractivity contribution < 1.29 is 19.2 Å². The van der Waals surface area contributed by atoms with Crippen LogP contribution >= 0.6 is 0 Å². The first-order valence-electron chi connectivity index (χ1n) is 40.4. The van der Waals surface area contributed by atoms with Crippen LogP contribution in [0.3, 0.4) is 0 Å². The number of carbonyl (C=O) groups excluding carboxylic acids is 4. The Hall–Kier alpha value is -15.6. The number of Topliss-reactive ketones (excluding diaryl/α,β-unsaturated/α-hetero) is 2. The predicted octanol–water partition coefficient (Wildman–Crippen LogP) is 16.6. The van der Waals surface area contributed by atoms with Crippen molar-refractivity contribution in [3.63, 3.8) is 0 Å². The van der Waals surface area contributed by atoms with Gasteiger partial charge in [-0.15, -0.1) is 0 Å². The van der Waals surface area contributed by atoms with E-state index in [0.29, 0.717) is 115 Å².